The van der Waals surface area contributed by atoms with E-state index in [2.05, 4.69) is 32.2 Å². The zero-order valence-electron chi connectivity index (χ0n) is 12.5. The molecule has 0 radical (unpaired) electrons. The molecule has 0 aromatic heterocycles. The third kappa shape index (κ3) is 3.46. The standard InChI is InChI=1S/C17H23ClN2/c1-16(2,3)13-8-10-17(12-19,11-9-13)20-15-6-4-14(18)5-7-15/h4-7,13,20H,8-11H2,1-3H3. The van der Waals surface area contributed by atoms with E-state index in [0.29, 0.717) is 11.3 Å². The number of nitrogens with one attached hydrogen (secondary N) is 1. The van der Waals surface area contributed by atoms with Gasteiger partial charge in [0.15, 0.2) is 0 Å². The largest absolute Gasteiger partial charge is 0.367 e. The van der Waals surface area contributed by atoms with Crippen LogP contribution >= 0.6 is 11.6 Å². The summed E-state index contributed by atoms with van der Waals surface area (Å²) in [6.07, 6.45) is 4.04. The number of hydrogen-bond acceptors (Lipinski definition) is 2. The van der Waals surface area contributed by atoms with Crippen molar-refractivity contribution in [3.8, 4) is 6.07 Å². The van der Waals surface area contributed by atoms with Crippen LogP contribution in [-0.4, -0.2) is 5.54 Å². The number of anilines is 1. The lowest BCUT2D eigenvalue weighted by atomic mass is 9.67. The molecule has 1 aliphatic rings. The van der Waals surface area contributed by atoms with E-state index in [0.717, 1.165) is 36.4 Å². The molecule has 0 spiro atoms. The number of halogens is 1. The number of benzene rings is 1. The Bertz CT molecular complexity index is 485. The van der Waals surface area contributed by atoms with Crippen molar-refractivity contribution in [2.24, 2.45) is 11.3 Å². The molecule has 2 nitrogen and oxygen atoms in total. The smallest absolute Gasteiger partial charge is 0.125 e. The van der Waals surface area contributed by atoms with Gasteiger partial charge in [-0.2, -0.15) is 5.26 Å². The van der Waals surface area contributed by atoms with Gasteiger partial charge in [0.05, 0.1) is 6.07 Å². The second kappa shape index (κ2) is 5.66. The Hall–Kier alpha value is -1.20. The molecule has 0 saturated heterocycles. The lowest BCUT2D eigenvalue weighted by Gasteiger charge is -2.41. The first-order valence-corrected chi connectivity index (χ1v) is 7.67. The molecule has 1 aromatic carbocycles. The van der Waals surface area contributed by atoms with Crippen molar-refractivity contribution in [1.82, 2.24) is 0 Å². The van der Waals surface area contributed by atoms with E-state index in [-0.39, 0.29) is 0 Å². The van der Waals surface area contributed by atoms with Gasteiger partial charge in [-0.05, 0) is 61.3 Å². The summed E-state index contributed by atoms with van der Waals surface area (Å²) in [6.45, 7) is 6.89. The first kappa shape index (κ1) is 15.2. The monoisotopic (exact) mass is 290 g/mol. The average Bonchev–Trinajstić information content (AvgIpc) is 2.41. The maximum atomic E-state index is 9.61. The summed E-state index contributed by atoms with van der Waals surface area (Å²) >= 11 is 5.90. The molecule has 2 rings (SSSR count). The fourth-order valence-corrected chi connectivity index (χ4v) is 3.18. The van der Waals surface area contributed by atoms with Crippen LogP contribution in [0.1, 0.15) is 46.5 Å². The molecule has 20 heavy (non-hydrogen) atoms. The van der Waals surface area contributed by atoms with Crippen LogP contribution in [0.5, 0.6) is 0 Å². The SMILES string of the molecule is CC(C)(C)C1CCC(C#N)(Nc2ccc(Cl)cc2)CC1. The molecule has 0 atom stereocenters. The van der Waals surface area contributed by atoms with Gasteiger partial charge in [0, 0.05) is 10.7 Å². The highest BCUT2D eigenvalue weighted by Gasteiger charge is 2.38. The summed E-state index contributed by atoms with van der Waals surface area (Å²) in [7, 11) is 0. The second-order valence-corrected chi connectivity index (χ2v) is 7.40. The van der Waals surface area contributed by atoms with E-state index < -0.39 is 5.54 Å². The van der Waals surface area contributed by atoms with Crippen LogP contribution in [0, 0.1) is 22.7 Å². The first-order valence-electron chi connectivity index (χ1n) is 7.30. The van der Waals surface area contributed by atoms with Gasteiger partial charge in [0.1, 0.15) is 5.54 Å². The highest BCUT2D eigenvalue weighted by Crippen LogP contribution is 2.42. The Morgan fingerprint density at radius 3 is 2.20 bits per heavy atom. The van der Waals surface area contributed by atoms with E-state index >= 15 is 0 Å². The quantitative estimate of drug-likeness (QED) is 0.807. The molecule has 1 N–H and O–H groups in total. The topological polar surface area (TPSA) is 35.8 Å². The zero-order chi connectivity index (χ0) is 14.8. The third-order valence-corrected chi connectivity index (χ3v) is 4.76. The molecule has 0 bridgehead atoms. The van der Waals surface area contributed by atoms with E-state index in [4.69, 9.17) is 11.6 Å². The van der Waals surface area contributed by atoms with Crippen molar-refractivity contribution in [1.29, 1.82) is 5.26 Å². The summed E-state index contributed by atoms with van der Waals surface area (Å²) < 4.78 is 0. The van der Waals surface area contributed by atoms with E-state index in [1.54, 1.807) is 0 Å². The minimum Gasteiger partial charge on any atom is -0.367 e. The van der Waals surface area contributed by atoms with Gasteiger partial charge >= 0.3 is 0 Å². The first-order chi connectivity index (χ1) is 9.35. The fraction of sp³-hybridized carbons (Fsp3) is 0.588. The molecule has 0 aliphatic heterocycles. The van der Waals surface area contributed by atoms with Crippen molar-refractivity contribution in [3.05, 3.63) is 29.3 Å². The Balaban J connectivity index is 2.06. The van der Waals surface area contributed by atoms with Gasteiger partial charge in [0.25, 0.3) is 0 Å². The summed E-state index contributed by atoms with van der Waals surface area (Å²) in [5.74, 6) is 0.705. The Morgan fingerprint density at radius 2 is 1.75 bits per heavy atom. The van der Waals surface area contributed by atoms with Crippen LogP contribution in [0.2, 0.25) is 5.02 Å². The van der Waals surface area contributed by atoms with Crippen molar-refractivity contribution >= 4 is 17.3 Å². The molecule has 1 saturated carbocycles. The Kier molecular flexibility index (Phi) is 4.30. The molecule has 108 valence electrons. The summed E-state index contributed by atoms with van der Waals surface area (Å²) in [6, 6.07) is 10.1. The molecule has 0 amide bonds. The molecule has 3 heteroatoms. The third-order valence-electron chi connectivity index (χ3n) is 4.51. The van der Waals surface area contributed by atoms with Crippen molar-refractivity contribution in [2.75, 3.05) is 5.32 Å². The maximum Gasteiger partial charge on any atom is 0.125 e. The molecule has 1 fully saturated rings. The second-order valence-electron chi connectivity index (χ2n) is 6.97. The number of rotatable bonds is 2. The van der Waals surface area contributed by atoms with Gasteiger partial charge < -0.3 is 5.32 Å². The van der Waals surface area contributed by atoms with Gasteiger partial charge in [0.2, 0.25) is 0 Å². The van der Waals surface area contributed by atoms with Gasteiger partial charge in [-0.1, -0.05) is 32.4 Å². The van der Waals surface area contributed by atoms with Crippen molar-refractivity contribution in [3.63, 3.8) is 0 Å². The van der Waals surface area contributed by atoms with Crippen molar-refractivity contribution in [2.45, 2.75) is 52.0 Å². The highest BCUT2D eigenvalue weighted by atomic mass is 35.5. The molecule has 1 aliphatic carbocycles. The molecule has 0 heterocycles. The number of hydrogen-bond donors (Lipinski definition) is 1. The van der Waals surface area contributed by atoms with E-state index in [1.165, 1.54) is 0 Å². The minimum absolute atomic E-state index is 0.335. The zero-order valence-corrected chi connectivity index (χ0v) is 13.3. The average molecular weight is 291 g/mol. The van der Waals surface area contributed by atoms with Crippen LogP contribution in [0.3, 0.4) is 0 Å². The lowest BCUT2D eigenvalue weighted by Crippen LogP contribution is -2.42. The summed E-state index contributed by atoms with van der Waals surface area (Å²) in [5.41, 5.74) is 0.891. The molecule has 1 aromatic rings. The predicted molar refractivity (Wildman–Crippen MR) is 84.8 cm³/mol. The fourth-order valence-electron chi connectivity index (χ4n) is 3.05. The van der Waals surface area contributed by atoms with Crippen LogP contribution in [-0.2, 0) is 0 Å². The maximum absolute atomic E-state index is 9.61. The number of nitriles is 1. The normalized spacial score (nSPS) is 26.9. The van der Waals surface area contributed by atoms with Gasteiger partial charge in [-0.15, -0.1) is 0 Å². The van der Waals surface area contributed by atoms with Crippen LogP contribution in [0.15, 0.2) is 24.3 Å². The Labute approximate surface area is 127 Å². The molecular formula is C17H23ClN2. The van der Waals surface area contributed by atoms with E-state index in [1.807, 2.05) is 24.3 Å². The number of nitrogens with zero attached hydrogens (tertiary/aromatic N) is 1. The molecule has 0 unspecified atom stereocenters. The minimum atomic E-state index is -0.421. The van der Waals surface area contributed by atoms with E-state index in [9.17, 15) is 5.26 Å². The summed E-state index contributed by atoms with van der Waals surface area (Å²) in [4.78, 5) is 0. The van der Waals surface area contributed by atoms with Crippen LogP contribution < -0.4 is 5.32 Å². The predicted octanol–water partition coefficient (Wildman–Crippen LogP) is 5.25. The summed E-state index contributed by atoms with van der Waals surface area (Å²) in [5, 5.41) is 13.8. The highest BCUT2D eigenvalue weighted by molar-refractivity contribution is 6.30. The van der Waals surface area contributed by atoms with Crippen LogP contribution in [0.4, 0.5) is 5.69 Å². The molecular weight excluding hydrogens is 268 g/mol. The van der Waals surface area contributed by atoms with Crippen LogP contribution in [0.25, 0.3) is 0 Å². The van der Waals surface area contributed by atoms with Gasteiger partial charge in [-0.3, -0.25) is 0 Å². The lowest BCUT2D eigenvalue weighted by molar-refractivity contribution is 0.159. The Morgan fingerprint density at radius 1 is 1.20 bits per heavy atom. The van der Waals surface area contributed by atoms with Gasteiger partial charge in [-0.25, -0.2) is 0 Å². The van der Waals surface area contributed by atoms with Crippen molar-refractivity contribution < 1.29 is 0 Å².